The van der Waals surface area contributed by atoms with E-state index < -0.39 is 6.04 Å². The van der Waals surface area contributed by atoms with Crippen LogP contribution >= 0.6 is 23.2 Å². The van der Waals surface area contributed by atoms with Gasteiger partial charge in [0.05, 0.1) is 18.4 Å². The molecular formula is C14H11Cl2N7O. The minimum Gasteiger partial charge on any atom is -0.344 e. The van der Waals surface area contributed by atoms with Gasteiger partial charge in [0, 0.05) is 18.0 Å². The molecule has 0 fully saturated rings. The minimum absolute atomic E-state index is 0.140. The van der Waals surface area contributed by atoms with Crippen molar-refractivity contribution >= 4 is 29.1 Å². The number of carbonyl (C=O) groups excluding carboxylic acids is 1. The maximum Gasteiger partial charge on any atom is 0.252 e. The first-order valence-corrected chi connectivity index (χ1v) is 7.61. The number of aromatic nitrogens is 6. The highest BCUT2D eigenvalue weighted by Gasteiger charge is 2.19. The second-order valence-electron chi connectivity index (χ2n) is 4.78. The van der Waals surface area contributed by atoms with Crippen LogP contribution in [0.4, 0.5) is 0 Å². The normalized spacial score (nSPS) is 12.0. The molecule has 1 atom stereocenters. The smallest absolute Gasteiger partial charge is 0.252 e. The summed E-state index contributed by atoms with van der Waals surface area (Å²) in [6.07, 6.45) is 6.12. The van der Waals surface area contributed by atoms with Crippen LogP contribution in [0.1, 0.15) is 29.0 Å². The molecule has 3 aromatic heterocycles. The molecule has 1 amide bonds. The Balaban J connectivity index is 1.85. The van der Waals surface area contributed by atoms with Gasteiger partial charge in [0.25, 0.3) is 5.91 Å². The van der Waals surface area contributed by atoms with Crippen molar-refractivity contribution in [3.63, 3.8) is 0 Å². The van der Waals surface area contributed by atoms with Crippen LogP contribution in [0.3, 0.4) is 0 Å². The second kappa shape index (κ2) is 6.90. The molecule has 3 heterocycles. The lowest BCUT2D eigenvalue weighted by Crippen LogP contribution is -2.28. The molecule has 0 aromatic carbocycles. The van der Waals surface area contributed by atoms with Crippen LogP contribution in [0.25, 0.3) is 5.82 Å². The van der Waals surface area contributed by atoms with Crippen LogP contribution in [0.5, 0.6) is 0 Å². The minimum atomic E-state index is -0.446. The van der Waals surface area contributed by atoms with E-state index in [4.69, 9.17) is 23.2 Å². The van der Waals surface area contributed by atoms with Crippen LogP contribution in [-0.4, -0.2) is 35.9 Å². The maximum atomic E-state index is 12.4. The van der Waals surface area contributed by atoms with Crippen molar-refractivity contribution in [3.05, 3.63) is 58.5 Å². The lowest BCUT2D eigenvalue weighted by molar-refractivity contribution is 0.0939. The van der Waals surface area contributed by atoms with Gasteiger partial charge in [-0.25, -0.2) is 9.97 Å². The summed E-state index contributed by atoms with van der Waals surface area (Å²) in [7, 11) is 0. The SMILES string of the molecule is CC(NC(=O)c1cc(Cl)nc(Cl)c1)c1nccnc1-n1nccn1. The van der Waals surface area contributed by atoms with E-state index >= 15 is 0 Å². The Bertz CT molecular complexity index is 849. The molecule has 1 unspecified atom stereocenters. The van der Waals surface area contributed by atoms with Crippen molar-refractivity contribution < 1.29 is 4.79 Å². The Morgan fingerprint density at radius 3 is 2.38 bits per heavy atom. The molecule has 10 heteroatoms. The van der Waals surface area contributed by atoms with Crippen LogP contribution in [-0.2, 0) is 0 Å². The predicted molar refractivity (Wildman–Crippen MR) is 87.1 cm³/mol. The summed E-state index contributed by atoms with van der Waals surface area (Å²) in [4.78, 5) is 26.0. The van der Waals surface area contributed by atoms with E-state index in [0.29, 0.717) is 17.1 Å². The Hall–Kier alpha value is -2.58. The number of pyridine rings is 1. The third-order valence-corrected chi connectivity index (χ3v) is 3.48. The van der Waals surface area contributed by atoms with Crippen molar-refractivity contribution in [1.29, 1.82) is 0 Å². The maximum absolute atomic E-state index is 12.4. The number of hydrogen-bond donors (Lipinski definition) is 1. The average Bonchev–Trinajstić information content (AvgIpc) is 3.08. The molecule has 122 valence electrons. The topological polar surface area (TPSA) is 98.5 Å². The summed E-state index contributed by atoms with van der Waals surface area (Å²) in [5.41, 5.74) is 0.822. The number of halogens is 2. The van der Waals surface area contributed by atoms with Gasteiger partial charge in [-0.15, -0.1) is 4.80 Å². The molecule has 0 spiro atoms. The molecule has 1 N–H and O–H groups in total. The Morgan fingerprint density at radius 2 is 1.71 bits per heavy atom. The van der Waals surface area contributed by atoms with Gasteiger partial charge in [0.2, 0.25) is 0 Å². The molecule has 0 bridgehead atoms. The standard InChI is InChI=1S/C14H11Cl2N7O/c1-8(21-14(24)9-6-10(15)22-11(16)7-9)12-13(18-3-2-17-12)23-19-4-5-20-23/h2-8H,1H3,(H,21,24). The molecule has 0 aliphatic heterocycles. The molecule has 24 heavy (non-hydrogen) atoms. The van der Waals surface area contributed by atoms with Gasteiger partial charge >= 0.3 is 0 Å². The van der Waals surface area contributed by atoms with Crippen LogP contribution in [0.15, 0.2) is 36.9 Å². The van der Waals surface area contributed by atoms with E-state index in [1.54, 1.807) is 6.92 Å². The van der Waals surface area contributed by atoms with Gasteiger partial charge in [-0.3, -0.25) is 9.78 Å². The molecule has 8 nitrogen and oxygen atoms in total. The summed E-state index contributed by atoms with van der Waals surface area (Å²) < 4.78 is 0. The Labute approximate surface area is 146 Å². The van der Waals surface area contributed by atoms with E-state index in [1.165, 1.54) is 41.7 Å². The summed E-state index contributed by atoms with van der Waals surface area (Å²) in [5.74, 6) is 0.0693. The van der Waals surface area contributed by atoms with Crippen molar-refractivity contribution in [2.24, 2.45) is 0 Å². The number of amides is 1. The van der Waals surface area contributed by atoms with Crippen LogP contribution < -0.4 is 5.32 Å². The second-order valence-corrected chi connectivity index (χ2v) is 5.55. The van der Waals surface area contributed by atoms with Crippen LogP contribution in [0, 0.1) is 0 Å². The molecule has 0 saturated carbocycles. The molecule has 0 radical (unpaired) electrons. The van der Waals surface area contributed by atoms with E-state index in [1.807, 2.05) is 0 Å². The van der Waals surface area contributed by atoms with Crippen molar-refractivity contribution in [1.82, 2.24) is 35.3 Å². The molecule has 0 aliphatic carbocycles. The third kappa shape index (κ3) is 3.50. The van der Waals surface area contributed by atoms with Gasteiger partial charge in [-0.1, -0.05) is 23.2 Å². The molecule has 3 aromatic rings. The van der Waals surface area contributed by atoms with Gasteiger partial charge in [-0.05, 0) is 19.1 Å². The molecule has 0 saturated heterocycles. The lowest BCUT2D eigenvalue weighted by Gasteiger charge is -2.15. The monoisotopic (exact) mass is 363 g/mol. The highest BCUT2D eigenvalue weighted by Crippen LogP contribution is 2.18. The number of carbonyl (C=O) groups is 1. The average molecular weight is 364 g/mol. The van der Waals surface area contributed by atoms with E-state index in [2.05, 4.69) is 30.5 Å². The Morgan fingerprint density at radius 1 is 1.08 bits per heavy atom. The first-order valence-electron chi connectivity index (χ1n) is 6.86. The van der Waals surface area contributed by atoms with Crippen molar-refractivity contribution in [3.8, 4) is 5.82 Å². The zero-order valence-electron chi connectivity index (χ0n) is 12.4. The fourth-order valence-corrected chi connectivity index (χ4v) is 2.53. The molecule has 0 aliphatic rings. The van der Waals surface area contributed by atoms with E-state index in [9.17, 15) is 4.79 Å². The van der Waals surface area contributed by atoms with Gasteiger partial charge < -0.3 is 5.32 Å². The summed E-state index contributed by atoms with van der Waals surface area (Å²) in [6, 6.07) is 2.42. The van der Waals surface area contributed by atoms with Crippen molar-refractivity contribution in [2.75, 3.05) is 0 Å². The van der Waals surface area contributed by atoms with E-state index in [0.717, 1.165) is 0 Å². The summed E-state index contributed by atoms with van der Waals surface area (Å²) in [5, 5.41) is 11.2. The Kier molecular flexibility index (Phi) is 4.68. The quantitative estimate of drug-likeness (QED) is 0.713. The number of nitrogens with one attached hydrogen (secondary N) is 1. The first kappa shape index (κ1) is 16.3. The predicted octanol–water partition coefficient (Wildman–Crippen LogP) is 2.25. The van der Waals surface area contributed by atoms with Crippen LogP contribution in [0.2, 0.25) is 10.3 Å². The number of rotatable bonds is 4. The van der Waals surface area contributed by atoms with Gasteiger partial charge in [0.1, 0.15) is 16.0 Å². The van der Waals surface area contributed by atoms with Gasteiger partial charge in [0.15, 0.2) is 5.82 Å². The highest BCUT2D eigenvalue weighted by atomic mass is 35.5. The highest BCUT2D eigenvalue weighted by molar-refractivity contribution is 6.33. The van der Waals surface area contributed by atoms with Gasteiger partial charge in [-0.2, -0.15) is 10.2 Å². The van der Waals surface area contributed by atoms with E-state index in [-0.39, 0.29) is 16.2 Å². The fraction of sp³-hybridized carbons (Fsp3) is 0.143. The zero-order chi connectivity index (χ0) is 17.1. The summed E-state index contributed by atoms with van der Waals surface area (Å²) >= 11 is 11.6. The lowest BCUT2D eigenvalue weighted by atomic mass is 10.2. The molecular weight excluding hydrogens is 353 g/mol. The third-order valence-electron chi connectivity index (χ3n) is 3.10. The largest absolute Gasteiger partial charge is 0.344 e. The fourth-order valence-electron chi connectivity index (χ4n) is 2.07. The summed E-state index contributed by atoms with van der Waals surface area (Å²) in [6.45, 7) is 1.78. The number of nitrogens with zero attached hydrogens (tertiary/aromatic N) is 6. The molecule has 3 rings (SSSR count). The van der Waals surface area contributed by atoms with Crippen molar-refractivity contribution in [2.45, 2.75) is 13.0 Å². The zero-order valence-corrected chi connectivity index (χ0v) is 13.9. The number of hydrogen-bond acceptors (Lipinski definition) is 6. The first-order chi connectivity index (χ1) is 11.5.